The van der Waals surface area contributed by atoms with Gasteiger partial charge in [-0.05, 0) is 37.2 Å². The van der Waals surface area contributed by atoms with Crippen LogP contribution in [0, 0.1) is 5.92 Å². The van der Waals surface area contributed by atoms with Gasteiger partial charge in [0.2, 0.25) is 5.91 Å². The van der Waals surface area contributed by atoms with E-state index in [1.807, 2.05) is 0 Å². The third-order valence-corrected chi connectivity index (χ3v) is 5.15. The van der Waals surface area contributed by atoms with Gasteiger partial charge in [-0.3, -0.25) is 9.59 Å². The fourth-order valence-corrected chi connectivity index (χ4v) is 4.15. The zero-order valence-electron chi connectivity index (χ0n) is 13.0. The molecule has 1 aliphatic rings. The number of nitrogens with one attached hydrogen (secondary N) is 2. The van der Waals surface area contributed by atoms with Crippen molar-refractivity contribution in [3.63, 3.8) is 0 Å². The first-order valence-corrected chi connectivity index (χ1v) is 8.54. The number of fused-ring (bicyclic) bond motifs is 1. The molecule has 21 heavy (non-hydrogen) atoms. The number of thiophene rings is 1. The van der Waals surface area contributed by atoms with Gasteiger partial charge >= 0.3 is 0 Å². The maximum Gasteiger partial charge on any atom is 0.254 e. The summed E-state index contributed by atoms with van der Waals surface area (Å²) in [6, 6.07) is 0. The summed E-state index contributed by atoms with van der Waals surface area (Å²) in [5.74, 6) is 0.568. The van der Waals surface area contributed by atoms with E-state index in [0.717, 1.165) is 42.7 Å². The number of hydrogen-bond donors (Lipinski definition) is 2. The highest BCUT2D eigenvalue weighted by atomic mass is 32.1. The molecule has 0 saturated heterocycles. The zero-order valence-corrected chi connectivity index (χ0v) is 13.9. The first-order chi connectivity index (χ1) is 10.1. The second-order valence-electron chi connectivity index (χ2n) is 5.79. The Balaban J connectivity index is 2.27. The molecule has 1 aromatic heterocycles. The minimum Gasteiger partial charge on any atom is -0.355 e. The maximum atomic E-state index is 12.2. The van der Waals surface area contributed by atoms with E-state index >= 15 is 0 Å². The number of carbonyl (C=O) groups is 2. The molecular formula is C16H24N2O2S. The number of anilines is 1. The number of hydrogen-bond acceptors (Lipinski definition) is 3. The molecule has 0 radical (unpaired) electrons. The maximum absolute atomic E-state index is 12.2. The van der Waals surface area contributed by atoms with E-state index in [1.54, 1.807) is 18.4 Å². The van der Waals surface area contributed by atoms with Crippen LogP contribution in [0.15, 0.2) is 0 Å². The lowest BCUT2D eigenvalue weighted by molar-refractivity contribution is -0.116. The summed E-state index contributed by atoms with van der Waals surface area (Å²) in [7, 11) is 1.64. The molecule has 0 bridgehead atoms. The predicted octanol–water partition coefficient (Wildman–Crippen LogP) is 3.36. The Bertz CT molecular complexity index is 537. The Morgan fingerprint density at radius 3 is 2.81 bits per heavy atom. The van der Waals surface area contributed by atoms with Crippen molar-refractivity contribution in [1.82, 2.24) is 5.32 Å². The molecule has 2 amide bonds. The first kappa shape index (κ1) is 16.0. The molecule has 0 aliphatic heterocycles. The summed E-state index contributed by atoms with van der Waals surface area (Å²) in [4.78, 5) is 25.4. The molecule has 0 aromatic carbocycles. The van der Waals surface area contributed by atoms with Crippen LogP contribution in [0.2, 0.25) is 0 Å². The van der Waals surface area contributed by atoms with E-state index in [0.29, 0.717) is 17.9 Å². The standard InChI is InChI=1S/C16H24N2O2S/c1-4-5-6-13(19)18-16-14(15(20)17-3)11-8-7-10(2)9-12(11)21-16/h10H,4-9H2,1-3H3,(H,17,20)(H,18,19). The lowest BCUT2D eigenvalue weighted by Gasteiger charge is -2.18. The molecule has 2 rings (SSSR count). The molecule has 5 heteroatoms. The van der Waals surface area contributed by atoms with Crippen LogP contribution in [0.4, 0.5) is 5.00 Å². The first-order valence-electron chi connectivity index (χ1n) is 7.73. The second kappa shape index (κ2) is 7.07. The molecule has 4 nitrogen and oxygen atoms in total. The van der Waals surface area contributed by atoms with Gasteiger partial charge in [-0.2, -0.15) is 0 Å². The van der Waals surface area contributed by atoms with Gasteiger partial charge in [0.15, 0.2) is 0 Å². The zero-order chi connectivity index (χ0) is 15.4. The summed E-state index contributed by atoms with van der Waals surface area (Å²) < 4.78 is 0. The van der Waals surface area contributed by atoms with Crippen LogP contribution in [0.3, 0.4) is 0 Å². The largest absolute Gasteiger partial charge is 0.355 e. The quantitative estimate of drug-likeness (QED) is 0.876. The van der Waals surface area contributed by atoms with Gasteiger partial charge in [0.05, 0.1) is 5.56 Å². The van der Waals surface area contributed by atoms with Gasteiger partial charge in [-0.1, -0.05) is 20.3 Å². The van der Waals surface area contributed by atoms with Crippen molar-refractivity contribution in [3.05, 3.63) is 16.0 Å². The van der Waals surface area contributed by atoms with Gasteiger partial charge < -0.3 is 10.6 Å². The van der Waals surface area contributed by atoms with Crippen LogP contribution in [0.1, 0.15) is 60.3 Å². The van der Waals surface area contributed by atoms with Crippen molar-refractivity contribution in [3.8, 4) is 0 Å². The fraction of sp³-hybridized carbons (Fsp3) is 0.625. The van der Waals surface area contributed by atoms with Crippen LogP contribution in [0.25, 0.3) is 0 Å². The molecule has 1 heterocycles. The van der Waals surface area contributed by atoms with Gasteiger partial charge in [-0.15, -0.1) is 11.3 Å². The summed E-state index contributed by atoms with van der Waals surface area (Å²) in [6.45, 7) is 4.30. The van der Waals surface area contributed by atoms with Gasteiger partial charge in [0.1, 0.15) is 5.00 Å². The molecule has 0 saturated carbocycles. The number of rotatable bonds is 5. The third-order valence-electron chi connectivity index (χ3n) is 3.98. The Hall–Kier alpha value is -1.36. The molecule has 0 fully saturated rings. The fourth-order valence-electron chi connectivity index (χ4n) is 2.73. The Labute approximate surface area is 130 Å². The van der Waals surface area contributed by atoms with E-state index < -0.39 is 0 Å². The molecule has 1 aromatic rings. The normalized spacial score (nSPS) is 17.2. The third kappa shape index (κ3) is 3.64. The molecule has 1 aliphatic carbocycles. The monoisotopic (exact) mass is 308 g/mol. The number of unbranched alkanes of at least 4 members (excludes halogenated alkanes) is 1. The van der Waals surface area contributed by atoms with Crippen LogP contribution < -0.4 is 10.6 Å². The molecule has 0 spiro atoms. The average molecular weight is 308 g/mol. The van der Waals surface area contributed by atoms with E-state index in [2.05, 4.69) is 24.5 Å². The topological polar surface area (TPSA) is 58.2 Å². The van der Waals surface area contributed by atoms with Crippen LogP contribution >= 0.6 is 11.3 Å². The van der Waals surface area contributed by atoms with Crippen molar-refractivity contribution in [2.75, 3.05) is 12.4 Å². The van der Waals surface area contributed by atoms with Crippen molar-refractivity contribution < 1.29 is 9.59 Å². The summed E-state index contributed by atoms with van der Waals surface area (Å²) in [5, 5.41) is 6.38. The van der Waals surface area contributed by atoms with Gasteiger partial charge in [0.25, 0.3) is 5.91 Å². The van der Waals surface area contributed by atoms with E-state index in [4.69, 9.17) is 0 Å². The highest BCUT2D eigenvalue weighted by molar-refractivity contribution is 7.17. The van der Waals surface area contributed by atoms with Crippen molar-refractivity contribution in [2.45, 2.75) is 52.4 Å². The number of carbonyl (C=O) groups excluding carboxylic acids is 2. The van der Waals surface area contributed by atoms with Crippen molar-refractivity contribution in [1.29, 1.82) is 0 Å². The second-order valence-corrected chi connectivity index (χ2v) is 6.89. The molecular weight excluding hydrogens is 284 g/mol. The minimum atomic E-state index is -0.0900. The highest BCUT2D eigenvalue weighted by Gasteiger charge is 2.27. The molecule has 1 atom stereocenters. The number of amides is 2. The summed E-state index contributed by atoms with van der Waals surface area (Å²) >= 11 is 1.58. The average Bonchev–Trinajstić information content (AvgIpc) is 2.81. The van der Waals surface area contributed by atoms with E-state index in [9.17, 15) is 9.59 Å². The smallest absolute Gasteiger partial charge is 0.254 e. The Kier molecular flexibility index (Phi) is 5.39. The Morgan fingerprint density at radius 2 is 2.14 bits per heavy atom. The molecule has 1 unspecified atom stereocenters. The van der Waals surface area contributed by atoms with Crippen LogP contribution in [-0.4, -0.2) is 18.9 Å². The summed E-state index contributed by atoms with van der Waals surface area (Å²) in [5.41, 5.74) is 1.83. The molecule has 2 N–H and O–H groups in total. The minimum absolute atomic E-state index is 0.00801. The van der Waals surface area contributed by atoms with Crippen LogP contribution in [0.5, 0.6) is 0 Å². The van der Waals surface area contributed by atoms with Crippen molar-refractivity contribution in [2.24, 2.45) is 5.92 Å². The highest BCUT2D eigenvalue weighted by Crippen LogP contribution is 2.39. The lowest BCUT2D eigenvalue weighted by Crippen LogP contribution is -2.22. The van der Waals surface area contributed by atoms with Gasteiger partial charge in [0, 0.05) is 18.3 Å². The SMILES string of the molecule is CCCCC(=O)Nc1sc2c(c1C(=O)NC)CCC(C)C2. The van der Waals surface area contributed by atoms with E-state index in [1.165, 1.54) is 4.88 Å². The van der Waals surface area contributed by atoms with E-state index in [-0.39, 0.29) is 11.8 Å². The van der Waals surface area contributed by atoms with Crippen LogP contribution in [-0.2, 0) is 17.6 Å². The lowest BCUT2D eigenvalue weighted by atomic mass is 9.88. The Morgan fingerprint density at radius 1 is 1.38 bits per heavy atom. The van der Waals surface area contributed by atoms with Crippen molar-refractivity contribution >= 4 is 28.2 Å². The summed E-state index contributed by atoms with van der Waals surface area (Å²) in [6.07, 6.45) is 5.44. The van der Waals surface area contributed by atoms with Gasteiger partial charge in [-0.25, -0.2) is 0 Å². The molecule has 116 valence electrons. The predicted molar refractivity (Wildman–Crippen MR) is 87.1 cm³/mol.